The lowest BCUT2D eigenvalue weighted by Gasteiger charge is -2.06. The molecule has 0 saturated carbocycles. The number of para-hydroxylation sites is 1. The first-order chi connectivity index (χ1) is 8.93. The van der Waals surface area contributed by atoms with Crippen LogP contribution in [0.5, 0.6) is 0 Å². The standard InChI is InChI=1S/C14H13N3O/c1-3-11-5-2-7-16-14(11)12(4-1)9-15-10-13-6-8-18-17-13/h1-8,15H,9-10H2. The fourth-order valence-corrected chi connectivity index (χ4v) is 1.96. The van der Waals surface area contributed by atoms with Crippen LogP contribution in [0.4, 0.5) is 0 Å². The number of hydrogen-bond donors (Lipinski definition) is 1. The fourth-order valence-electron chi connectivity index (χ4n) is 1.96. The third kappa shape index (κ3) is 2.24. The van der Waals surface area contributed by atoms with Gasteiger partial charge < -0.3 is 9.84 Å². The van der Waals surface area contributed by atoms with Crippen LogP contribution in [0.25, 0.3) is 10.9 Å². The number of hydrogen-bond acceptors (Lipinski definition) is 4. The number of aromatic nitrogens is 2. The lowest BCUT2D eigenvalue weighted by Crippen LogP contribution is -2.13. The highest BCUT2D eigenvalue weighted by molar-refractivity contribution is 5.81. The fraction of sp³-hybridized carbons (Fsp3) is 0.143. The summed E-state index contributed by atoms with van der Waals surface area (Å²) in [6.45, 7) is 1.46. The molecule has 1 N–H and O–H groups in total. The van der Waals surface area contributed by atoms with Gasteiger partial charge >= 0.3 is 0 Å². The molecule has 2 aromatic heterocycles. The van der Waals surface area contributed by atoms with E-state index in [0.717, 1.165) is 17.8 Å². The van der Waals surface area contributed by atoms with E-state index in [-0.39, 0.29) is 0 Å². The number of nitrogens with one attached hydrogen (secondary N) is 1. The molecule has 1 aromatic carbocycles. The molecule has 0 spiro atoms. The van der Waals surface area contributed by atoms with E-state index in [9.17, 15) is 0 Å². The highest BCUT2D eigenvalue weighted by atomic mass is 16.5. The van der Waals surface area contributed by atoms with E-state index in [4.69, 9.17) is 4.52 Å². The minimum atomic E-state index is 0.694. The summed E-state index contributed by atoms with van der Waals surface area (Å²) in [7, 11) is 0. The molecule has 0 radical (unpaired) electrons. The summed E-state index contributed by atoms with van der Waals surface area (Å²) in [6.07, 6.45) is 3.40. The molecule has 0 unspecified atom stereocenters. The monoisotopic (exact) mass is 239 g/mol. The van der Waals surface area contributed by atoms with Crippen LogP contribution >= 0.6 is 0 Å². The van der Waals surface area contributed by atoms with Crippen LogP contribution in [0.1, 0.15) is 11.3 Å². The number of benzene rings is 1. The maximum Gasteiger partial charge on any atom is 0.124 e. The van der Waals surface area contributed by atoms with Crippen LogP contribution in [-0.4, -0.2) is 10.1 Å². The van der Waals surface area contributed by atoms with Crippen LogP contribution in [0.3, 0.4) is 0 Å². The molecule has 0 bridgehead atoms. The largest absolute Gasteiger partial charge is 0.364 e. The molecule has 0 aliphatic heterocycles. The van der Waals surface area contributed by atoms with Gasteiger partial charge in [0, 0.05) is 30.7 Å². The topological polar surface area (TPSA) is 51.0 Å². The smallest absolute Gasteiger partial charge is 0.124 e. The van der Waals surface area contributed by atoms with E-state index in [0.29, 0.717) is 6.54 Å². The minimum Gasteiger partial charge on any atom is -0.364 e. The second-order valence-corrected chi connectivity index (χ2v) is 4.09. The van der Waals surface area contributed by atoms with Gasteiger partial charge in [-0.2, -0.15) is 0 Å². The highest BCUT2D eigenvalue weighted by Gasteiger charge is 2.02. The van der Waals surface area contributed by atoms with E-state index in [2.05, 4.69) is 39.7 Å². The first-order valence-electron chi connectivity index (χ1n) is 5.86. The third-order valence-electron chi connectivity index (χ3n) is 2.83. The lowest BCUT2D eigenvalue weighted by atomic mass is 10.1. The zero-order chi connectivity index (χ0) is 12.2. The SMILES string of the molecule is c1cnc2c(CNCc3ccon3)cccc2c1. The minimum absolute atomic E-state index is 0.694. The molecular weight excluding hydrogens is 226 g/mol. The molecule has 0 amide bonds. The van der Waals surface area contributed by atoms with Gasteiger partial charge in [0.25, 0.3) is 0 Å². The van der Waals surface area contributed by atoms with Gasteiger partial charge in [-0.25, -0.2) is 0 Å². The number of nitrogens with zero attached hydrogens (tertiary/aromatic N) is 2. The summed E-state index contributed by atoms with van der Waals surface area (Å²) in [4.78, 5) is 4.42. The van der Waals surface area contributed by atoms with Gasteiger partial charge in [-0.05, 0) is 11.6 Å². The molecule has 18 heavy (non-hydrogen) atoms. The van der Waals surface area contributed by atoms with Crippen molar-refractivity contribution in [3.63, 3.8) is 0 Å². The Balaban J connectivity index is 1.74. The molecule has 3 rings (SSSR count). The summed E-state index contributed by atoms with van der Waals surface area (Å²) in [5, 5.41) is 8.36. The Kier molecular flexibility index (Phi) is 3.02. The molecular formula is C14H13N3O. The summed E-state index contributed by atoms with van der Waals surface area (Å²) in [5.74, 6) is 0. The summed E-state index contributed by atoms with van der Waals surface area (Å²) >= 11 is 0. The van der Waals surface area contributed by atoms with Crippen molar-refractivity contribution in [3.8, 4) is 0 Å². The molecule has 4 heteroatoms. The number of rotatable bonds is 4. The molecule has 4 nitrogen and oxygen atoms in total. The first kappa shape index (κ1) is 10.9. The van der Waals surface area contributed by atoms with Gasteiger partial charge in [0.05, 0.1) is 11.2 Å². The average Bonchev–Trinajstić information content (AvgIpc) is 2.92. The van der Waals surface area contributed by atoms with Crippen molar-refractivity contribution in [2.24, 2.45) is 0 Å². The third-order valence-corrected chi connectivity index (χ3v) is 2.83. The van der Waals surface area contributed by atoms with Crippen molar-refractivity contribution in [1.82, 2.24) is 15.5 Å². The molecule has 90 valence electrons. The van der Waals surface area contributed by atoms with Crippen molar-refractivity contribution >= 4 is 10.9 Å². The Hall–Kier alpha value is -2.20. The predicted octanol–water partition coefficient (Wildman–Crippen LogP) is 2.51. The van der Waals surface area contributed by atoms with Gasteiger partial charge in [-0.15, -0.1) is 0 Å². The van der Waals surface area contributed by atoms with Crippen LogP contribution in [0.15, 0.2) is 53.4 Å². The van der Waals surface area contributed by atoms with Gasteiger partial charge in [0.2, 0.25) is 0 Å². The molecule has 3 aromatic rings. The Morgan fingerprint density at radius 3 is 2.89 bits per heavy atom. The van der Waals surface area contributed by atoms with Gasteiger partial charge in [-0.1, -0.05) is 29.4 Å². The summed E-state index contributed by atoms with van der Waals surface area (Å²) in [6, 6.07) is 12.1. The van der Waals surface area contributed by atoms with E-state index in [1.807, 2.05) is 18.3 Å². The molecule has 0 saturated heterocycles. The molecule has 2 heterocycles. The van der Waals surface area contributed by atoms with Crippen molar-refractivity contribution in [2.75, 3.05) is 0 Å². The van der Waals surface area contributed by atoms with Crippen molar-refractivity contribution in [2.45, 2.75) is 13.1 Å². The number of pyridine rings is 1. The summed E-state index contributed by atoms with van der Waals surface area (Å²) in [5.41, 5.74) is 3.15. The van der Waals surface area contributed by atoms with Crippen molar-refractivity contribution in [1.29, 1.82) is 0 Å². The van der Waals surface area contributed by atoms with E-state index in [1.165, 1.54) is 10.9 Å². The number of fused-ring (bicyclic) bond motifs is 1. The average molecular weight is 239 g/mol. The van der Waals surface area contributed by atoms with Crippen LogP contribution < -0.4 is 5.32 Å². The second kappa shape index (κ2) is 4.98. The van der Waals surface area contributed by atoms with Crippen LogP contribution in [-0.2, 0) is 13.1 Å². The van der Waals surface area contributed by atoms with Gasteiger partial charge in [0.15, 0.2) is 0 Å². The first-order valence-corrected chi connectivity index (χ1v) is 5.86. The van der Waals surface area contributed by atoms with Gasteiger partial charge in [-0.3, -0.25) is 4.98 Å². The van der Waals surface area contributed by atoms with Crippen LogP contribution in [0.2, 0.25) is 0 Å². The predicted molar refractivity (Wildman–Crippen MR) is 68.8 cm³/mol. The second-order valence-electron chi connectivity index (χ2n) is 4.09. The Morgan fingerprint density at radius 1 is 1.06 bits per heavy atom. The van der Waals surface area contributed by atoms with E-state index in [1.54, 1.807) is 6.26 Å². The Labute approximate surface area is 105 Å². The van der Waals surface area contributed by atoms with E-state index < -0.39 is 0 Å². The molecule has 0 aliphatic rings. The van der Waals surface area contributed by atoms with E-state index >= 15 is 0 Å². The molecule has 0 aliphatic carbocycles. The summed E-state index contributed by atoms with van der Waals surface area (Å²) < 4.78 is 4.79. The zero-order valence-electron chi connectivity index (χ0n) is 9.84. The van der Waals surface area contributed by atoms with Gasteiger partial charge in [0.1, 0.15) is 6.26 Å². The Morgan fingerprint density at radius 2 is 2.00 bits per heavy atom. The maximum atomic E-state index is 4.79. The quantitative estimate of drug-likeness (QED) is 0.760. The Bertz CT molecular complexity index is 629. The molecule has 0 atom stereocenters. The van der Waals surface area contributed by atoms with Crippen molar-refractivity contribution < 1.29 is 4.52 Å². The normalized spacial score (nSPS) is 10.9. The van der Waals surface area contributed by atoms with Crippen LogP contribution in [0, 0.1) is 0 Å². The van der Waals surface area contributed by atoms with Crippen molar-refractivity contribution in [3.05, 3.63) is 60.1 Å². The maximum absolute atomic E-state index is 4.79. The highest BCUT2D eigenvalue weighted by Crippen LogP contribution is 2.15. The lowest BCUT2D eigenvalue weighted by molar-refractivity contribution is 0.408. The molecule has 0 fully saturated rings. The zero-order valence-corrected chi connectivity index (χ0v) is 9.84.